The van der Waals surface area contributed by atoms with Gasteiger partial charge in [-0.2, -0.15) is 9.57 Å². The zero-order valence-electron chi connectivity index (χ0n) is 10.1. The van der Waals surface area contributed by atoms with Crippen molar-refractivity contribution in [2.45, 2.75) is 11.3 Å². The van der Waals surface area contributed by atoms with Crippen molar-refractivity contribution in [2.24, 2.45) is 5.92 Å². The van der Waals surface area contributed by atoms with E-state index in [0.29, 0.717) is 18.0 Å². The van der Waals surface area contributed by atoms with E-state index in [1.807, 2.05) is 6.07 Å². The van der Waals surface area contributed by atoms with Gasteiger partial charge >= 0.3 is 0 Å². The summed E-state index contributed by atoms with van der Waals surface area (Å²) in [5, 5.41) is 18.4. The highest BCUT2D eigenvalue weighted by atomic mass is 35.5. The Morgan fingerprint density at radius 1 is 1.53 bits per heavy atom. The molecule has 0 radical (unpaired) electrons. The molecule has 1 unspecified atom stereocenters. The lowest BCUT2D eigenvalue weighted by atomic mass is 10.1. The van der Waals surface area contributed by atoms with Crippen molar-refractivity contribution in [2.75, 3.05) is 19.7 Å². The summed E-state index contributed by atoms with van der Waals surface area (Å²) in [6.07, 6.45) is 0.630. The summed E-state index contributed by atoms with van der Waals surface area (Å²) in [4.78, 5) is -0.0296. The summed E-state index contributed by atoms with van der Waals surface area (Å²) in [7, 11) is -3.70. The third kappa shape index (κ3) is 2.74. The topological polar surface area (TPSA) is 81.4 Å². The fourth-order valence-corrected chi connectivity index (χ4v) is 3.94. The molecular formula is C12H13ClN2O3S. The molecular weight excluding hydrogens is 288 g/mol. The SMILES string of the molecule is N#Cc1cc(Cl)ccc1S(=O)(=O)N1CCC(CO)C1. The van der Waals surface area contributed by atoms with Crippen LogP contribution in [0.4, 0.5) is 0 Å². The maximum atomic E-state index is 12.4. The monoisotopic (exact) mass is 300 g/mol. The number of aliphatic hydroxyl groups excluding tert-OH is 1. The Balaban J connectivity index is 2.38. The molecule has 1 aromatic rings. The molecule has 1 aliphatic rings. The number of benzene rings is 1. The van der Waals surface area contributed by atoms with Crippen LogP contribution in [0.25, 0.3) is 0 Å². The fraction of sp³-hybridized carbons (Fsp3) is 0.417. The second kappa shape index (κ2) is 5.47. The largest absolute Gasteiger partial charge is 0.396 e. The molecule has 102 valence electrons. The fourth-order valence-electron chi connectivity index (χ4n) is 2.12. The molecule has 0 saturated carbocycles. The molecule has 2 rings (SSSR count). The summed E-state index contributed by atoms with van der Waals surface area (Å²) in [5.74, 6) is -0.0346. The van der Waals surface area contributed by atoms with Crippen molar-refractivity contribution < 1.29 is 13.5 Å². The lowest BCUT2D eigenvalue weighted by Gasteiger charge is -2.17. The van der Waals surface area contributed by atoms with E-state index in [2.05, 4.69) is 0 Å². The Bertz CT molecular complexity index is 624. The predicted octanol–water partition coefficient (Wildman–Crippen LogP) is 1.21. The second-order valence-electron chi connectivity index (χ2n) is 4.45. The zero-order valence-corrected chi connectivity index (χ0v) is 11.7. The lowest BCUT2D eigenvalue weighted by Crippen LogP contribution is -2.29. The molecule has 5 nitrogen and oxygen atoms in total. The van der Waals surface area contributed by atoms with E-state index in [1.54, 1.807) is 0 Å². The minimum Gasteiger partial charge on any atom is -0.396 e. The van der Waals surface area contributed by atoms with Crippen LogP contribution in [-0.4, -0.2) is 37.5 Å². The van der Waals surface area contributed by atoms with Gasteiger partial charge < -0.3 is 5.11 Å². The number of hydrogen-bond acceptors (Lipinski definition) is 4. The Kier molecular flexibility index (Phi) is 4.11. The Morgan fingerprint density at radius 2 is 2.26 bits per heavy atom. The van der Waals surface area contributed by atoms with Gasteiger partial charge in [0.25, 0.3) is 0 Å². The minimum atomic E-state index is -3.70. The smallest absolute Gasteiger partial charge is 0.244 e. The van der Waals surface area contributed by atoms with Crippen LogP contribution in [0.2, 0.25) is 5.02 Å². The van der Waals surface area contributed by atoms with Gasteiger partial charge in [-0.3, -0.25) is 0 Å². The zero-order chi connectivity index (χ0) is 14.0. The average Bonchev–Trinajstić information content (AvgIpc) is 2.87. The summed E-state index contributed by atoms with van der Waals surface area (Å²) in [6.45, 7) is 0.616. The first kappa shape index (κ1) is 14.3. The molecule has 0 aliphatic carbocycles. The van der Waals surface area contributed by atoms with Crippen LogP contribution in [0.1, 0.15) is 12.0 Å². The van der Waals surface area contributed by atoms with Crippen molar-refractivity contribution in [3.8, 4) is 6.07 Å². The molecule has 7 heteroatoms. The van der Waals surface area contributed by atoms with Crippen LogP contribution in [-0.2, 0) is 10.0 Å². The predicted molar refractivity (Wildman–Crippen MR) is 70.1 cm³/mol. The van der Waals surface area contributed by atoms with E-state index in [0.717, 1.165) is 0 Å². The van der Waals surface area contributed by atoms with Gasteiger partial charge in [-0.05, 0) is 30.5 Å². The normalized spacial score (nSPS) is 20.4. The van der Waals surface area contributed by atoms with Crippen molar-refractivity contribution >= 4 is 21.6 Å². The van der Waals surface area contributed by atoms with E-state index >= 15 is 0 Å². The van der Waals surface area contributed by atoms with Gasteiger partial charge in [0.1, 0.15) is 11.0 Å². The van der Waals surface area contributed by atoms with Crippen LogP contribution < -0.4 is 0 Å². The molecule has 1 N–H and O–H groups in total. The van der Waals surface area contributed by atoms with Gasteiger partial charge in [0.15, 0.2) is 0 Å². The molecule has 1 atom stereocenters. The first-order valence-electron chi connectivity index (χ1n) is 5.79. The Morgan fingerprint density at radius 3 is 2.84 bits per heavy atom. The molecule has 1 aliphatic heterocycles. The molecule has 1 heterocycles. The van der Waals surface area contributed by atoms with Gasteiger partial charge in [-0.25, -0.2) is 8.42 Å². The average molecular weight is 301 g/mol. The van der Waals surface area contributed by atoms with Crippen LogP contribution in [0, 0.1) is 17.2 Å². The maximum Gasteiger partial charge on any atom is 0.244 e. The van der Waals surface area contributed by atoms with Gasteiger partial charge in [0.2, 0.25) is 10.0 Å². The standard InChI is InChI=1S/C12H13ClN2O3S/c13-11-1-2-12(10(5-11)6-14)19(17,18)15-4-3-9(7-15)8-16/h1-2,5,9,16H,3-4,7-8H2. The van der Waals surface area contributed by atoms with Crippen LogP contribution in [0.5, 0.6) is 0 Å². The minimum absolute atomic E-state index is 0.0296. The third-order valence-corrected chi connectivity index (χ3v) is 5.35. The van der Waals surface area contributed by atoms with Gasteiger partial charge in [0.05, 0.1) is 5.56 Å². The van der Waals surface area contributed by atoms with Gasteiger partial charge in [0, 0.05) is 24.7 Å². The van der Waals surface area contributed by atoms with Crippen molar-refractivity contribution in [1.29, 1.82) is 5.26 Å². The van der Waals surface area contributed by atoms with E-state index < -0.39 is 10.0 Å². The van der Waals surface area contributed by atoms with Gasteiger partial charge in [-0.15, -0.1) is 0 Å². The summed E-state index contributed by atoms with van der Waals surface area (Å²) >= 11 is 5.76. The number of hydrogen-bond donors (Lipinski definition) is 1. The first-order chi connectivity index (χ1) is 8.98. The Hall–Kier alpha value is -1.13. The van der Waals surface area contributed by atoms with Crippen molar-refractivity contribution in [3.63, 3.8) is 0 Å². The summed E-state index contributed by atoms with van der Waals surface area (Å²) in [5.41, 5.74) is 0.0416. The number of aliphatic hydroxyl groups is 1. The number of nitriles is 1. The van der Waals surface area contributed by atoms with E-state index in [4.69, 9.17) is 22.0 Å². The molecule has 0 bridgehead atoms. The number of halogens is 1. The van der Waals surface area contributed by atoms with E-state index in [9.17, 15) is 8.42 Å². The molecule has 1 aromatic carbocycles. The van der Waals surface area contributed by atoms with E-state index in [-0.39, 0.29) is 29.5 Å². The highest BCUT2D eigenvalue weighted by Gasteiger charge is 2.33. The van der Waals surface area contributed by atoms with Crippen LogP contribution in [0.15, 0.2) is 23.1 Å². The highest BCUT2D eigenvalue weighted by Crippen LogP contribution is 2.27. The highest BCUT2D eigenvalue weighted by molar-refractivity contribution is 7.89. The van der Waals surface area contributed by atoms with Crippen LogP contribution in [0.3, 0.4) is 0 Å². The molecule has 0 aromatic heterocycles. The van der Waals surface area contributed by atoms with Crippen molar-refractivity contribution in [1.82, 2.24) is 4.31 Å². The molecule has 0 spiro atoms. The summed E-state index contributed by atoms with van der Waals surface area (Å²) in [6, 6.07) is 6.00. The van der Waals surface area contributed by atoms with E-state index in [1.165, 1.54) is 22.5 Å². The first-order valence-corrected chi connectivity index (χ1v) is 7.61. The lowest BCUT2D eigenvalue weighted by molar-refractivity contribution is 0.233. The summed E-state index contributed by atoms with van der Waals surface area (Å²) < 4.78 is 26.2. The van der Waals surface area contributed by atoms with Gasteiger partial charge in [-0.1, -0.05) is 11.6 Å². The molecule has 1 saturated heterocycles. The third-order valence-electron chi connectivity index (χ3n) is 3.19. The number of rotatable bonds is 3. The Labute approximate surface area is 117 Å². The quantitative estimate of drug-likeness (QED) is 0.910. The number of nitrogens with zero attached hydrogens (tertiary/aromatic N) is 2. The molecule has 1 fully saturated rings. The van der Waals surface area contributed by atoms with Crippen LogP contribution >= 0.6 is 11.6 Å². The molecule has 19 heavy (non-hydrogen) atoms. The van der Waals surface area contributed by atoms with Crippen molar-refractivity contribution in [3.05, 3.63) is 28.8 Å². The maximum absolute atomic E-state index is 12.4. The number of sulfonamides is 1. The molecule has 0 amide bonds. The second-order valence-corrected chi connectivity index (χ2v) is 6.80.